The van der Waals surface area contributed by atoms with Gasteiger partial charge in [-0.15, -0.1) is 26.5 Å². The van der Waals surface area contributed by atoms with Crippen molar-refractivity contribution in [1.29, 1.82) is 0 Å². The van der Waals surface area contributed by atoms with Crippen LogP contribution in [0.15, 0.2) is 18.1 Å². The minimum atomic E-state index is -5.86. The van der Waals surface area contributed by atoms with Gasteiger partial charge in [0, 0.05) is 0 Å². The molecule has 0 saturated carbocycles. The van der Waals surface area contributed by atoms with Crippen LogP contribution in [0.1, 0.15) is 40.0 Å². The van der Waals surface area contributed by atoms with Gasteiger partial charge >= 0.3 is 31.1 Å². The Morgan fingerprint density at radius 1 is 0.560 bits per heavy atom. The molecule has 0 saturated heterocycles. The molecule has 3 unspecified atom stereocenters. The normalized spacial score (nSPS) is 34.7. The Hall–Kier alpha value is 0.450. The highest BCUT2D eigenvalue weighted by molar-refractivity contribution is 7.78. The second-order valence-corrected chi connectivity index (χ2v) is 12.1. The van der Waals surface area contributed by atoms with E-state index in [0.29, 0.717) is 0 Å². The molecular formula is C9H21F5N4O3P4. The molecule has 0 bridgehead atoms. The molecule has 0 aromatic carbocycles. The summed E-state index contributed by atoms with van der Waals surface area (Å²) in [6.07, 6.45) is 0.791. The van der Waals surface area contributed by atoms with Gasteiger partial charge in [-0.2, -0.15) is 12.6 Å². The van der Waals surface area contributed by atoms with Crippen LogP contribution in [0.25, 0.3) is 0 Å². The van der Waals surface area contributed by atoms with Gasteiger partial charge in [0.15, 0.2) is 0 Å². The zero-order valence-electron chi connectivity index (χ0n) is 13.9. The fourth-order valence-electron chi connectivity index (χ4n) is 1.39. The van der Waals surface area contributed by atoms with Crippen LogP contribution in [0.4, 0.5) is 21.0 Å². The molecule has 1 aliphatic heterocycles. The van der Waals surface area contributed by atoms with Gasteiger partial charge in [-0.25, -0.2) is 0 Å². The highest BCUT2D eigenvalue weighted by atomic mass is 31.3. The Morgan fingerprint density at radius 3 is 1.24 bits per heavy atom. The third kappa shape index (κ3) is 7.92. The molecular weight excluding hydrogens is 431 g/mol. The summed E-state index contributed by atoms with van der Waals surface area (Å²) in [5.41, 5.74) is 0. The first kappa shape index (κ1) is 23.5. The van der Waals surface area contributed by atoms with Crippen molar-refractivity contribution in [2.75, 3.05) is 19.8 Å². The number of rotatable bonds is 9. The Balaban J connectivity index is 3.58. The summed E-state index contributed by atoms with van der Waals surface area (Å²) in [5.74, 6) is 0. The molecule has 1 heterocycles. The molecule has 7 nitrogen and oxygen atoms in total. The number of nitrogens with zero attached hydrogens (tertiary/aromatic N) is 4. The number of hydrogen-bond acceptors (Lipinski definition) is 7. The molecule has 0 radical (unpaired) electrons. The van der Waals surface area contributed by atoms with Crippen molar-refractivity contribution < 1.29 is 34.6 Å². The predicted molar refractivity (Wildman–Crippen MR) is 91.7 cm³/mol. The highest BCUT2D eigenvalue weighted by Crippen LogP contribution is 2.81. The largest absolute Gasteiger partial charge is 0.425 e. The van der Waals surface area contributed by atoms with Crippen molar-refractivity contribution in [3.05, 3.63) is 0 Å². The Bertz CT molecular complexity index is 674. The summed E-state index contributed by atoms with van der Waals surface area (Å²) < 4.78 is 97.1. The molecule has 16 heteroatoms. The minimum absolute atomic E-state index is 0.252. The van der Waals surface area contributed by atoms with Gasteiger partial charge in [0.05, 0.1) is 19.8 Å². The average Bonchev–Trinajstić information content (AvgIpc) is 2.46. The van der Waals surface area contributed by atoms with Crippen molar-refractivity contribution in [3.63, 3.8) is 0 Å². The lowest BCUT2D eigenvalue weighted by molar-refractivity contribution is 0.311. The maximum Gasteiger partial charge on any atom is 0.425 e. The van der Waals surface area contributed by atoms with Crippen LogP contribution in [0, 0.1) is 0 Å². The minimum Gasteiger partial charge on any atom is -0.303 e. The second-order valence-electron chi connectivity index (χ2n) is 4.73. The molecule has 0 aromatic heterocycles. The van der Waals surface area contributed by atoms with Crippen molar-refractivity contribution >= 4 is 31.1 Å². The average molecular weight is 452 g/mol. The molecule has 25 heavy (non-hydrogen) atoms. The summed E-state index contributed by atoms with van der Waals surface area (Å²) >= 11 is 0. The predicted octanol–water partition coefficient (Wildman–Crippen LogP) is 8.91. The molecule has 1 rings (SSSR count). The first-order chi connectivity index (χ1) is 11.5. The number of hydrogen-bond donors (Lipinski definition) is 0. The van der Waals surface area contributed by atoms with E-state index in [1.807, 2.05) is 0 Å². The molecule has 0 aromatic rings. The molecule has 0 amide bonds. The van der Waals surface area contributed by atoms with E-state index in [-0.39, 0.29) is 39.1 Å². The monoisotopic (exact) mass is 452 g/mol. The first-order valence-corrected chi connectivity index (χ1v) is 13.5. The maximum atomic E-state index is 14.9. The van der Waals surface area contributed by atoms with Crippen LogP contribution >= 0.6 is 31.1 Å². The quantitative estimate of drug-likeness (QED) is 0.259. The van der Waals surface area contributed by atoms with Gasteiger partial charge in [0.2, 0.25) is 0 Å². The van der Waals surface area contributed by atoms with E-state index in [1.54, 1.807) is 20.8 Å². The molecule has 0 aliphatic carbocycles. The zero-order valence-corrected chi connectivity index (χ0v) is 17.5. The van der Waals surface area contributed by atoms with Crippen molar-refractivity contribution in [1.82, 2.24) is 0 Å². The van der Waals surface area contributed by atoms with Crippen LogP contribution in [-0.2, 0) is 13.6 Å². The van der Waals surface area contributed by atoms with E-state index >= 15 is 0 Å². The highest BCUT2D eigenvalue weighted by Gasteiger charge is 2.41. The molecule has 0 spiro atoms. The third-order valence-electron chi connectivity index (χ3n) is 2.26. The van der Waals surface area contributed by atoms with Gasteiger partial charge < -0.3 is 13.6 Å². The Kier molecular flexibility index (Phi) is 9.01. The third-order valence-corrected chi connectivity index (χ3v) is 10.8. The van der Waals surface area contributed by atoms with Gasteiger partial charge in [0.1, 0.15) is 0 Å². The fourth-order valence-corrected chi connectivity index (χ4v) is 10.0. The summed E-state index contributed by atoms with van der Waals surface area (Å²) in [6, 6.07) is 0. The van der Waals surface area contributed by atoms with E-state index < -0.39 is 31.1 Å². The van der Waals surface area contributed by atoms with Crippen molar-refractivity contribution in [2.45, 2.75) is 40.0 Å². The number of halogens is 5. The fraction of sp³-hybridized carbons (Fsp3) is 1.00. The van der Waals surface area contributed by atoms with Gasteiger partial charge in [-0.3, -0.25) is 0 Å². The van der Waals surface area contributed by atoms with Gasteiger partial charge in [0.25, 0.3) is 0 Å². The SMILES string of the molecule is CCCOP1(F)=NP(F)(F)=NP(F)(OCCC)=NP(F)(OCCC)=N1. The van der Waals surface area contributed by atoms with Crippen molar-refractivity contribution in [2.24, 2.45) is 18.1 Å². The van der Waals surface area contributed by atoms with Gasteiger partial charge in [-0.05, 0) is 19.3 Å². The second kappa shape index (κ2) is 9.59. The first-order valence-electron chi connectivity index (χ1n) is 7.48. The molecule has 3 atom stereocenters. The topological polar surface area (TPSA) is 77.1 Å². The van der Waals surface area contributed by atoms with E-state index in [0.717, 1.165) is 0 Å². The summed E-state index contributed by atoms with van der Waals surface area (Å²) in [4.78, 5) is 0. The maximum absolute atomic E-state index is 14.9. The summed E-state index contributed by atoms with van der Waals surface area (Å²) in [7, 11) is -21.1. The standard InChI is InChI=1S/C9H21F5N4O3P4/c1-4-7-19-23(12)15-22(10,11)16-24(13,20-8-5-2)18-25(14,17-23)21-9-6-3/h4-9H2,1-3H3. The lowest BCUT2D eigenvalue weighted by Gasteiger charge is -2.21. The Labute approximate surface area is 144 Å². The van der Waals surface area contributed by atoms with Crippen LogP contribution < -0.4 is 0 Å². The smallest absolute Gasteiger partial charge is 0.303 e. The van der Waals surface area contributed by atoms with Crippen LogP contribution in [-0.4, -0.2) is 19.8 Å². The van der Waals surface area contributed by atoms with E-state index in [1.165, 1.54) is 0 Å². The summed E-state index contributed by atoms with van der Waals surface area (Å²) in [6.45, 7) is 3.85. The van der Waals surface area contributed by atoms with E-state index in [4.69, 9.17) is 4.52 Å². The van der Waals surface area contributed by atoms with Gasteiger partial charge in [-0.1, -0.05) is 20.8 Å². The lowest BCUT2D eigenvalue weighted by Crippen LogP contribution is -1.92. The van der Waals surface area contributed by atoms with Crippen LogP contribution in [0.3, 0.4) is 0 Å². The molecule has 1 aliphatic rings. The lowest BCUT2D eigenvalue weighted by atomic mass is 10.5. The Morgan fingerprint density at radius 2 is 0.880 bits per heavy atom. The van der Waals surface area contributed by atoms with Crippen LogP contribution in [0.5, 0.6) is 0 Å². The van der Waals surface area contributed by atoms with E-state index in [2.05, 4.69) is 27.1 Å². The molecule has 150 valence electrons. The van der Waals surface area contributed by atoms with Crippen LogP contribution in [0.2, 0.25) is 0 Å². The van der Waals surface area contributed by atoms with Crippen molar-refractivity contribution in [3.8, 4) is 0 Å². The summed E-state index contributed by atoms with van der Waals surface area (Å²) in [5, 5.41) is 0. The zero-order chi connectivity index (χ0) is 19.2. The molecule has 0 N–H and O–H groups in total. The molecule has 0 fully saturated rings. The van der Waals surface area contributed by atoms with E-state index in [9.17, 15) is 21.0 Å².